The maximum atomic E-state index is 12.3. The number of carbonyl (C=O) groups excluding carboxylic acids is 2. The predicted molar refractivity (Wildman–Crippen MR) is 94.3 cm³/mol. The summed E-state index contributed by atoms with van der Waals surface area (Å²) >= 11 is 0. The van der Waals surface area contributed by atoms with Gasteiger partial charge in [0.15, 0.2) is 0 Å². The number of benzene rings is 1. The van der Waals surface area contributed by atoms with Crippen LogP contribution in [0.4, 0.5) is 18.0 Å². The van der Waals surface area contributed by atoms with E-state index in [1.807, 2.05) is 0 Å². The number of ether oxygens (including phenoxy) is 2. The number of hydrogen-bond donors (Lipinski definition) is 1. The van der Waals surface area contributed by atoms with Gasteiger partial charge in [-0.05, 0) is 44.7 Å². The summed E-state index contributed by atoms with van der Waals surface area (Å²) in [4.78, 5) is 23.9. The first-order valence-corrected chi connectivity index (χ1v) is 8.61. The standard InChI is InChI=1S/C19H26F3NO4/c1-18(2,3)27-17(25)23-15(16(24)26-4)12-14-8-5-7-13(11-14)9-6-10-19(20,21)22/h5,7-8,11,15H,6,9-10,12H2,1-4H3,(H,23,25)/t15-/m0/s1. The minimum Gasteiger partial charge on any atom is -0.467 e. The summed E-state index contributed by atoms with van der Waals surface area (Å²) in [5.41, 5.74) is 0.715. The summed E-state index contributed by atoms with van der Waals surface area (Å²) in [5, 5.41) is 2.47. The molecule has 0 radical (unpaired) electrons. The summed E-state index contributed by atoms with van der Waals surface area (Å²) in [6.45, 7) is 5.10. The van der Waals surface area contributed by atoms with E-state index in [4.69, 9.17) is 9.47 Å². The van der Waals surface area contributed by atoms with Crippen molar-refractivity contribution in [3.05, 3.63) is 35.4 Å². The van der Waals surface area contributed by atoms with Crippen molar-refractivity contribution in [2.45, 2.75) is 64.3 Å². The van der Waals surface area contributed by atoms with Crippen molar-refractivity contribution in [3.8, 4) is 0 Å². The maximum Gasteiger partial charge on any atom is 0.408 e. The van der Waals surface area contributed by atoms with E-state index < -0.39 is 36.3 Å². The third-order valence-electron chi connectivity index (χ3n) is 3.53. The molecule has 0 unspecified atom stereocenters. The van der Waals surface area contributed by atoms with E-state index in [9.17, 15) is 22.8 Å². The van der Waals surface area contributed by atoms with Crippen LogP contribution in [0.2, 0.25) is 0 Å². The summed E-state index contributed by atoms with van der Waals surface area (Å²) < 4.78 is 46.7. The molecule has 27 heavy (non-hydrogen) atoms. The minimum atomic E-state index is -4.18. The molecule has 0 bridgehead atoms. The van der Waals surface area contributed by atoms with Crippen molar-refractivity contribution in [2.75, 3.05) is 7.11 Å². The highest BCUT2D eigenvalue weighted by molar-refractivity contribution is 5.81. The third-order valence-corrected chi connectivity index (χ3v) is 3.53. The number of methoxy groups -OCH3 is 1. The molecule has 8 heteroatoms. The van der Waals surface area contributed by atoms with Crippen LogP contribution in [-0.2, 0) is 27.1 Å². The third kappa shape index (κ3) is 9.86. The van der Waals surface area contributed by atoms with Crippen molar-refractivity contribution in [2.24, 2.45) is 0 Å². The van der Waals surface area contributed by atoms with Gasteiger partial charge in [0.1, 0.15) is 11.6 Å². The second-order valence-corrected chi connectivity index (χ2v) is 7.21. The zero-order valence-corrected chi connectivity index (χ0v) is 16.0. The van der Waals surface area contributed by atoms with Gasteiger partial charge in [0.25, 0.3) is 0 Å². The summed E-state index contributed by atoms with van der Waals surface area (Å²) in [5.74, 6) is -0.636. The first kappa shape index (κ1) is 22.8. The van der Waals surface area contributed by atoms with Crippen LogP contribution in [0.25, 0.3) is 0 Å². The number of halogens is 3. The molecule has 5 nitrogen and oxygen atoms in total. The van der Waals surface area contributed by atoms with Gasteiger partial charge in [-0.15, -0.1) is 0 Å². The van der Waals surface area contributed by atoms with Crippen LogP contribution < -0.4 is 5.32 Å². The lowest BCUT2D eigenvalue weighted by Gasteiger charge is -2.22. The number of alkyl halides is 3. The van der Waals surface area contributed by atoms with Crippen LogP contribution in [0.15, 0.2) is 24.3 Å². The van der Waals surface area contributed by atoms with Gasteiger partial charge in [-0.3, -0.25) is 0 Å². The number of carbonyl (C=O) groups is 2. The topological polar surface area (TPSA) is 64.6 Å². The number of alkyl carbamates (subject to hydrolysis) is 1. The molecular weight excluding hydrogens is 363 g/mol. The molecule has 0 aromatic heterocycles. The Kier molecular flexibility index (Phi) is 8.12. The molecule has 0 aliphatic heterocycles. The Labute approximate surface area is 157 Å². The van der Waals surface area contributed by atoms with E-state index in [-0.39, 0.29) is 19.3 Å². The van der Waals surface area contributed by atoms with Crippen LogP contribution in [0, 0.1) is 0 Å². The largest absolute Gasteiger partial charge is 0.467 e. The normalized spacial score (nSPS) is 13.0. The average molecular weight is 389 g/mol. The monoisotopic (exact) mass is 389 g/mol. The SMILES string of the molecule is COC(=O)[C@H](Cc1cccc(CCCC(F)(F)F)c1)NC(=O)OC(C)(C)C. The van der Waals surface area contributed by atoms with Crippen LogP contribution in [0.1, 0.15) is 44.7 Å². The van der Waals surface area contributed by atoms with E-state index in [0.29, 0.717) is 5.56 Å². The van der Waals surface area contributed by atoms with Gasteiger partial charge in [0, 0.05) is 12.8 Å². The van der Waals surface area contributed by atoms with Crippen LogP contribution in [0.3, 0.4) is 0 Å². The molecule has 0 saturated heterocycles. The van der Waals surface area contributed by atoms with Crippen molar-refractivity contribution in [1.82, 2.24) is 5.32 Å². The minimum absolute atomic E-state index is 0.0104. The smallest absolute Gasteiger partial charge is 0.408 e. The van der Waals surface area contributed by atoms with Gasteiger partial charge in [-0.2, -0.15) is 13.2 Å². The van der Waals surface area contributed by atoms with Crippen molar-refractivity contribution < 1.29 is 32.2 Å². The summed E-state index contributed by atoms with van der Waals surface area (Å²) in [7, 11) is 1.21. The second-order valence-electron chi connectivity index (χ2n) is 7.21. The van der Waals surface area contributed by atoms with E-state index in [2.05, 4.69) is 5.32 Å². The fourth-order valence-corrected chi connectivity index (χ4v) is 2.43. The van der Waals surface area contributed by atoms with Crippen molar-refractivity contribution in [1.29, 1.82) is 0 Å². The molecule has 1 N–H and O–H groups in total. The van der Waals surface area contributed by atoms with E-state index in [1.54, 1.807) is 45.0 Å². The highest BCUT2D eigenvalue weighted by Crippen LogP contribution is 2.23. The van der Waals surface area contributed by atoms with Crippen molar-refractivity contribution in [3.63, 3.8) is 0 Å². The number of esters is 1. The summed E-state index contributed by atoms with van der Waals surface area (Å²) in [6, 6.07) is 5.94. The molecule has 0 aliphatic rings. The Morgan fingerprint density at radius 1 is 1.15 bits per heavy atom. The Morgan fingerprint density at radius 3 is 2.33 bits per heavy atom. The van der Waals surface area contributed by atoms with Gasteiger partial charge in [0.2, 0.25) is 0 Å². The van der Waals surface area contributed by atoms with Crippen LogP contribution >= 0.6 is 0 Å². The van der Waals surface area contributed by atoms with Gasteiger partial charge in [-0.25, -0.2) is 9.59 Å². The van der Waals surface area contributed by atoms with Gasteiger partial charge >= 0.3 is 18.2 Å². The van der Waals surface area contributed by atoms with Gasteiger partial charge < -0.3 is 14.8 Å². The number of amides is 1. The molecular formula is C19H26F3NO4. The summed E-state index contributed by atoms with van der Waals surface area (Å²) in [6.07, 6.45) is -5.37. The van der Waals surface area contributed by atoms with Crippen LogP contribution in [0.5, 0.6) is 0 Å². The zero-order valence-electron chi connectivity index (χ0n) is 16.0. The molecule has 0 heterocycles. The molecule has 1 aromatic rings. The number of nitrogens with one attached hydrogen (secondary N) is 1. The van der Waals surface area contributed by atoms with E-state index in [0.717, 1.165) is 5.56 Å². The zero-order chi connectivity index (χ0) is 20.7. The molecule has 0 fully saturated rings. The Hall–Kier alpha value is -2.25. The molecule has 152 valence electrons. The first-order valence-electron chi connectivity index (χ1n) is 8.61. The molecule has 0 saturated carbocycles. The number of aryl methyl sites for hydroxylation is 1. The number of rotatable bonds is 7. The number of hydrogen-bond acceptors (Lipinski definition) is 4. The Balaban J connectivity index is 2.76. The molecule has 1 aromatic carbocycles. The van der Waals surface area contributed by atoms with Crippen molar-refractivity contribution >= 4 is 12.1 Å². The quantitative estimate of drug-likeness (QED) is 0.711. The Morgan fingerprint density at radius 2 is 1.78 bits per heavy atom. The second kappa shape index (κ2) is 9.62. The first-order chi connectivity index (χ1) is 12.4. The van der Waals surface area contributed by atoms with E-state index in [1.165, 1.54) is 7.11 Å². The lowest BCUT2D eigenvalue weighted by molar-refractivity contribution is -0.143. The highest BCUT2D eigenvalue weighted by Gasteiger charge is 2.27. The average Bonchev–Trinajstić information content (AvgIpc) is 2.51. The molecule has 1 atom stereocenters. The lowest BCUT2D eigenvalue weighted by atomic mass is 10.0. The molecule has 0 aliphatic carbocycles. The van der Waals surface area contributed by atoms with Gasteiger partial charge in [-0.1, -0.05) is 24.3 Å². The Bertz CT molecular complexity index is 639. The van der Waals surface area contributed by atoms with Crippen LogP contribution in [-0.4, -0.2) is 37.0 Å². The lowest BCUT2D eigenvalue weighted by Crippen LogP contribution is -2.45. The van der Waals surface area contributed by atoms with E-state index >= 15 is 0 Å². The fraction of sp³-hybridized carbons (Fsp3) is 0.579. The maximum absolute atomic E-state index is 12.3. The molecule has 1 amide bonds. The fourth-order valence-electron chi connectivity index (χ4n) is 2.43. The van der Waals surface area contributed by atoms with Gasteiger partial charge in [0.05, 0.1) is 7.11 Å². The highest BCUT2D eigenvalue weighted by atomic mass is 19.4. The predicted octanol–water partition coefficient (Wildman–Crippen LogP) is 4.18. The molecule has 1 rings (SSSR count). The molecule has 0 spiro atoms.